The number of piperidine rings is 1. The summed E-state index contributed by atoms with van der Waals surface area (Å²) in [5.41, 5.74) is 2.24. The van der Waals surface area contributed by atoms with E-state index in [0.29, 0.717) is 6.10 Å². The topological polar surface area (TPSA) is 38.5 Å². The Hall–Kier alpha value is -1.81. The van der Waals surface area contributed by atoms with Gasteiger partial charge >= 0.3 is 0 Å². The normalized spacial score (nSPS) is 17.0. The molecule has 4 heteroatoms. The lowest BCUT2D eigenvalue weighted by Crippen LogP contribution is -2.38. The third-order valence-corrected chi connectivity index (χ3v) is 4.14. The lowest BCUT2D eigenvalue weighted by atomic mass is 10.1. The van der Waals surface area contributed by atoms with E-state index in [-0.39, 0.29) is 0 Å². The summed E-state index contributed by atoms with van der Waals surface area (Å²) in [5.74, 6) is 1.91. The molecule has 0 unspecified atom stereocenters. The summed E-state index contributed by atoms with van der Waals surface area (Å²) in [5, 5.41) is 4.03. The Labute approximate surface area is 125 Å². The Morgan fingerprint density at radius 2 is 1.90 bits per heavy atom. The smallest absolute Gasteiger partial charge is 0.138 e. The summed E-state index contributed by atoms with van der Waals surface area (Å²) < 4.78 is 11.3. The molecule has 0 aliphatic carbocycles. The number of benzene rings is 1. The maximum Gasteiger partial charge on any atom is 0.138 e. The number of aryl methyl sites for hydroxylation is 2. The molecule has 0 spiro atoms. The van der Waals surface area contributed by atoms with Gasteiger partial charge in [-0.15, -0.1) is 0 Å². The van der Waals surface area contributed by atoms with Crippen LogP contribution in [0, 0.1) is 13.8 Å². The van der Waals surface area contributed by atoms with Crippen LogP contribution in [0.5, 0.6) is 5.75 Å². The highest BCUT2D eigenvalue weighted by Gasteiger charge is 2.22. The van der Waals surface area contributed by atoms with Crippen LogP contribution in [0.25, 0.3) is 0 Å². The van der Waals surface area contributed by atoms with Crippen LogP contribution >= 0.6 is 0 Å². The van der Waals surface area contributed by atoms with Crippen molar-refractivity contribution < 1.29 is 9.26 Å². The van der Waals surface area contributed by atoms with Gasteiger partial charge in [-0.05, 0) is 38.8 Å². The maximum atomic E-state index is 6.03. The first-order valence-electron chi connectivity index (χ1n) is 7.58. The fourth-order valence-corrected chi connectivity index (χ4v) is 2.83. The monoisotopic (exact) mass is 286 g/mol. The molecule has 112 valence electrons. The Morgan fingerprint density at radius 1 is 1.19 bits per heavy atom. The molecule has 2 heterocycles. The molecule has 0 N–H and O–H groups in total. The zero-order chi connectivity index (χ0) is 14.7. The van der Waals surface area contributed by atoms with Crippen LogP contribution < -0.4 is 4.74 Å². The summed E-state index contributed by atoms with van der Waals surface area (Å²) in [7, 11) is 0. The standard InChI is InChI=1S/C17H22N2O2/c1-13-17(14(2)21-18-13)12-19-10-8-16(9-11-19)20-15-6-4-3-5-7-15/h3-7,16H,8-12H2,1-2H3. The Morgan fingerprint density at radius 3 is 2.52 bits per heavy atom. The number of rotatable bonds is 4. The van der Waals surface area contributed by atoms with Crippen LogP contribution in [0.2, 0.25) is 0 Å². The van der Waals surface area contributed by atoms with Crippen LogP contribution in [0.1, 0.15) is 29.9 Å². The molecule has 1 aliphatic rings. The number of aromatic nitrogens is 1. The molecule has 1 saturated heterocycles. The zero-order valence-corrected chi connectivity index (χ0v) is 12.7. The van der Waals surface area contributed by atoms with Gasteiger partial charge in [-0.1, -0.05) is 23.4 Å². The molecule has 1 aromatic heterocycles. The molecule has 21 heavy (non-hydrogen) atoms. The van der Waals surface area contributed by atoms with Crippen molar-refractivity contribution in [2.75, 3.05) is 13.1 Å². The quantitative estimate of drug-likeness (QED) is 0.864. The van der Waals surface area contributed by atoms with Crippen molar-refractivity contribution in [1.82, 2.24) is 10.1 Å². The Bertz CT molecular complexity index is 552. The number of nitrogens with zero attached hydrogens (tertiary/aromatic N) is 2. The van der Waals surface area contributed by atoms with Crippen molar-refractivity contribution >= 4 is 0 Å². The lowest BCUT2D eigenvalue weighted by Gasteiger charge is -2.32. The van der Waals surface area contributed by atoms with E-state index >= 15 is 0 Å². The van der Waals surface area contributed by atoms with E-state index in [9.17, 15) is 0 Å². The minimum Gasteiger partial charge on any atom is -0.490 e. The van der Waals surface area contributed by atoms with E-state index in [1.54, 1.807) is 0 Å². The highest BCUT2D eigenvalue weighted by Crippen LogP contribution is 2.21. The highest BCUT2D eigenvalue weighted by molar-refractivity contribution is 5.22. The second-order valence-corrected chi connectivity index (χ2v) is 5.71. The molecule has 1 aromatic carbocycles. The van der Waals surface area contributed by atoms with Gasteiger partial charge in [-0.25, -0.2) is 0 Å². The maximum absolute atomic E-state index is 6.03. The van der Waals surface area contributed by atoms with E-state index in [0.717, 1.165) is 49.7 Å². The number of likely N-dealkylation sites (tertiary alicyclic amines) is 1. The molecule has 0 amide bonds. The second kappa shape index (κ2) is 6.31. The first-order chi connectivity index (χ1) is 10.2. The molecule has 1 aliphatic heterocycles. The number of ether oxygens (including phenoxy) is 1. The molecule has 4 nitrogen and oxygen atoms in total. The van der Waals surface area contributed by atoms with Gasteiger partial charge in [0.1, 0.15) is 17.6 Å². The number of hydrogen-bond donors (Lipinski definition) is 0. The van der Waals surface area contributed by atoms with Gasteiger partial charge in [0.15, 0.2) is 0 Å². The van der Waals surface area contributed by atoms with Gasteiger partial charge < -0.3 is 9.26 Å². The van der Waals surface area contributed by atoms with Gasteiger partial charge in [-0.2, -0.15) is 0 Å². The average Bonchev–Trinajstić information content (AvgIpc) is 2.82. The van der Waals surface area contributed by atoms with E-state index in [2.05, 4.69) is 10.1 Å². The minimum absolute atomic E-state index is 0.327. The molecule has 3 rings (SSSR count). The lowest BCUT2D eigenvalue weighted by molar-refractivity contribution is 0.0965. The Kier molecular flexibility index (Phi) is 4.25. The average molecular weight is 286 g/mol. The molecule has 0 saturated carbocycles. The summed E-state index contributed by atoms with van der Waals surface area (Å²) in [6.07, 6.45) is 2.46. The summed E-state index contributed by atoms with van der Waals surface area (Å²) >= 11 is 0. The second-order valence-electron chi connectivity index (χ2n) is 5.71. The third kappa shape index (κ3) is 3.45. The molecule has 1 fully saturated rings. The van der Waals surface area contributed by atoms with E-state index in [1.807, 2.05) is 44.2 Å². The van der Waals surface area contributed by atoms with Crippen molar-refractivity contribution in [1.29, 1.82) is 0 Å². The molecule has 0 bridgehead atoms. The van der Waals surface area contributed by atoms with Crippen LogP contribution in [0.15, 0.2) is 34.9 Å². The first-order valence-corrected chi connectivity index (χ1v) is 7.58. The van der Waals surface area contributed by atoms with Crippen LogP contribution in [-0.4, -0.2) is 29.3 Å². The Balaban J connectivity index is 1.51. The summed E-state index contributed by atoms with van der Waals surface area (Å²) in [4.78, 5) is 2.46. The summed E-state index contributed by atoms with van der Waals surface area (Å²) in [6.45, 7) is 7.04. The van der Waals surface area contributed by atoms with Crippen molar-refractivity contribution in [3.8, 4) is 5.75 Å². The van der Waals surface area contributed by atoms with Gasteiger partial charge in [0, 0.05) is 25.2 Å². The molecule has 0 radical (unpaired) electrons. The molecule has 0 atom stereocenters. The largest absolute Gasteiger partial charge is 0.490 e. The summed E-state index contributed by atoms with van der Waals surface area (Å²) in [6, 6.07) is 10.1. The minimum atomic E-state index is 0.327. The van der Waals surface area contributed by atoms with Crippen molar-refractivity contribution in [3.63, 3.8) is 0 Å². The van der Waals surface area contributed by atoms with Crippen molar-refractivity contribution in [3.05, 3.63) is 47.3 Å². The first kappa shape index (κ1) is 14.1. The van der Waals surface area contributed by atoms with Crippen LogP contribution in [-0.2, 0) is 6.54 Å². The van der Waals surface area contributed by atoms with Gasteiger partial charge in [-0.3, -0.25) is 4.90 Å². The van der Waals surface area contributed by atoms with E-state index in [4.69, 9.17) is 9.26 Å². The van der Waals surface area contributed by atoms with Crippen LogP contribution in [0.4, 0.5) is 0 Å². The zero-order valence-electron chi connectivity index (χ0n) is 12.7. The predicted molar refractivity (Wildman–Crippen MR) is 81.3 cm³/mol. The van der Waals surface area contributed by atoms with Gasteiger partial charge in [0.05, 0.1) is 5.69 Å². The van der Waals surface area contributed by atoms with Gasteiger partial charge in [0.25, 0.3) is 0 Å². The number of para-hydroxylation sites is 1. The molecular formula is C17H22N2O2. The van der Waals surface area contributed by atoms with Crippen molar-refractivity contribution in [2.24, 2.45) is 0 Å². The van der Waals surface area contributed by atoms with Gasteiger partial charge in [0.2, 0.25) is 0 Å². The third-order valence-electron chi connectivity index (χ3n) is 4.14. The fourth-order valence-electron chi connectivity index (χ4n) is 2.83. The van der Waals surface area contributed by atoms with E-state index in [1.165, 1.54) is 5.56 Å². The van der Waals surface area contributed by atoms with Crippen LogP contribution in [0.3, 0.4) is 0 Å². The SMILES string of the molecule is Cc1noc(C)c1CN1CCC(Oc2ccccc2)CC1. The molecular weight excluding hydrogens is 264 g/mol. The fraction of sp³-hybridized carbons (Fsp3) is 0.471. The highest BCUT2D eigenvalue weighted by atomic mass is 16.5. The van der Waals surface area contributed by atoms with E-state index < -0.39 is 0 Å². The van der Waals surface area contributed by atoms with Crippen molar-refractivity contribution in [2.45, 2.75) is 39.3 Å². The predicted octanol–water partition coefficient (Wildman–Crippen LogP) is 3.33. The molecule has 2 aromatic rings. The number of hydrogen-bond acceptors (Lipinski definition) is 4.